The van der Waals surface area contributed by atoms with Crippen molar-refractivity contribution in [3.63, 3.8) is 0 Å². The minimum atomic E-state index is 0.719. The van der Waals surface area contributed by atoms with E-state index in [1.165, 1.54) is 5.57 Å². The third-order valence-electron chi connectivity index (χ3n) is 5.92. The molecule has 32 heavy (non-hydrogen) atoms. The fourth-order valence-corrected chi connectivity index (χ4v) is 4.89. The van der Waals surface area contributed by atoms with Gasteiger partial charge in [0, 0.05) is 13.1 Å². The summed E-state index contributed by atoms with van der Waals surface area (Å²) in [4.78, 5) is 2.38. The van der Waals surface area contributed by atoms with E-state index < -0.39 is 0 Å². The van der Waals surface area contributed by atoms with Crippen LogP contribution in [0.4, 0.5) is 5.69 Å². The molecule has 0 saturated heterocycles. The molecule has 0 radical (unpaired) electrons. The second-order valence-corrected chi connectivity index (χ2v) is 9.07. The number of halogens is 1. The van der Waals surface area contributed by atoms with E-state index in [1.54, 1.807) is 6.26 Å². The summed E-state index contributed by atoms with van der Waals surface area (Å²) >= 11 is 6.71. The number of unbranched alkanes of at least 4 members (excludes halogenated alkanes) is 1. The lowest BCUT2D eigenvalue weighted by Gasteiger charge is -2.31. The quantitative estimate of drug-likeness (QED) is 0.346. The molecule has 0 saturated carbocycles. The molecule has 1 aliphatic rings. The normalized spacial score (nSPS) is 15.8. The standard InChI is InChI=1S/C26H37ClN4O/c1-5-7-12-29-26(30(13-6-2)18-21-10-9-15-32-21)22-11-8-14-31(25(22)28)24-20(4)16-19(3)17-23(24)27/h9-10,15-17H,5-8,11-14,18H2,1-4H3,(H2,28,29)/p+1. The number of amidine groups is 1. The zero-order valence-electron chi connectivity index (χ0n) is 20.0. The number of nitrogens with two attached hydrogens (primary N) is 1. The molecule has 0 aliphatic carbocycles. The summed E-state index contributed by atoms with van der Waals surface area (Å²) in [7, 11) is 0. The second-order valence-electron chi connectivity index (χ2n) is 8.66. The van der Waals surface area contributed by atoms with Crippen molar-refractivity contribution < 1.29 is 8.99 Å². The maximum atomic E-state index is 6.88. The van der Waals surface area contributed by atoms with E-state index in [9.17, 15) is 0 Å². The van der Waals surface area contributed by atoms with Gasteiger partial charge in [0.05, 0.1) is 29.9 Å². The summed E-state index contributed by atoms with van der Waals surface area (Å²) in [5.41, 5.74) is 11.4. The maximum absolute atomic E-state index is 6.88. The first-order valence-corrected chi connectivity index (χ1v) is 12.2. The predicted octanol–water partition coefficient (Wildman–Crippen LogP) is 5.86. The van der Waals surface area contributed by atoms with Gasteiger partial charge in [-0.25, -0.2) is 4.58 Å². The molecule has 174 valence electrons. The van der Waals surface area contributed by atoms with E-state index in [1.807, 2.05) is 18.2 Å². The number of hydrogen-bond donors (Lipinski definition) is 2. The van der Waals surface area contributed by atoms with Crippen molar-refractivity contribution in [1.82, 2.24) is 10.2 Å². The summed E-state index contributed by atoms with van der Waals surface area (Å²) in [6, 6.07) is 8.18. The summed E-state index contributed by atoms with van der Waals surface area (Å²) in [5, 5.41) is 4.49. The first-order valence-electron chi connectivity index (χ1n) is 11.9. The molecule has 3 N–H and O–H groups in total. The number of rotatable bonds is 10. The number of aryl methyl sites for hydroxylation is 2. The summed E-state index contributed by atoms with van der Waals surface area (Å²) in [5.74, 6) is 2.88. The van der Waals surface area contributed by atoms with E-state index in [0.29, 0.717) is 0 Å². The number of hydrogen-bond acceptors (Lipinski definition) is 4. The number of nitrogens with zero attached hydrogens (tertiary/aromatic N) is 2. The molecule has 6 heteroatoms. The first kappa shape index (κ1) is 24.2. The minimum Gasteiger partial charge on any atom is -0.467 e. The zero-order valence-corrected chi connectivity index (χ0v) is 20.8. The molecule has 0 spiro atoms. The Balaban J connectivity index is 2.10. The predicted molar refractivity (Wildman–Crippen MR) is 133 cm³/mol. The van der Waals surface area contributed by atoms with Crippen LogP contribution in [-0.4, -0.2) is 34.9 Å². The van der Waals surface area contributed by atoms with Gasteiger partial charge in [0.2, 0.25) is 0 Å². The molecule has 3 rings (SSSR count). The highest BCUT2D eigenvalue weighted by atomic mass is 35.5. The van der Waals surface area contributed by atoms with Crippen LogP contribution in [0.1, 0.15) is 62.8 Å². The average molecular weight is 458 g/mol. The fraction of sp³-hybridized carbons (Fsp3) is 0.500. The number of benzene rings is 1. The van der Waals surface area contributed by atoms with Gasteiger partial charge in [-0.2, -0.15) is 0 Å². The molecule has 2 heterocycles. The molecule has 5 nitrogen and oxygen atoms in total. The lowest BCUT2D eigenvalue weighted by molar-refractivity contribution is -0.445. The van der Waals surface area contributed by atoms with Gasteiger partial charge in [-0.3, -0.25) is 5.73 Å². The van der Waals surface area contributed by atoms with Crippen LogP contribution in [0.3, 0.4) is 0 Å². The van der Waals surface area contributed by atoms with E-state index >= 15 is 0 Å². The first-order chi connectivity index (χ1) is 15.5. The van der Waals surface area contributed by atoms with Gasteiger partial charge < -0.3 is 14.6 Å². The van der Waals surface area contributed by atoms with Gasteiger partial charge in [-0.05, 0) is 68.9 Å². The lowest BCUT2D eigenvalue weighted by atomic mass is 10.0. The SMILES string of the molecule is CCCCN/C(=C1/CCC[N+](c2c(C)cc(C)cc2Cl)=C1N)N(CCC)Cc1ccco1. The molecule has 1 aromatic heterocycles. The van der Waals surface area contributed by atoms with Crippen molar-refractivity contribution in [3.8, 4) is 0 Å². The summed E-state index contributed by atoms with van der Waals surface area (Å²) < 4.78 is 7.88. The zero-order chi connectivity index (χ0) is 23.1. The Morgan fingerprint density at radius 1 is 1.25 bits per heavy atom. The van der Waals surface area contributed by atoms with E-state index in [0.717, 1.165) is 97.5 Å². The molecule has 1 aliphatic heterocycles. The number of furan rings is 1. The van der Waals surface area contributed by atoms with Gasteiger partial charge in [0.25, 0.3) is 5.84 Å². The molecule has 0 unspecified atom stereocenters. The Bertz CT molecular complexity index is 939. The maximum Gasteiger partial charge on any atom is 0.279 e. The van der Waals surface area contributed by atoms with Crippen molar-refractivity contribution >= 4 is 23.1 Å². The third kappa shape index (κ3) is 5.69. The number of nitrogens with one attached hydrogen (secondary N) is 1. The molecular weight excluding hydrogens is 420 g/mol. The van der Waals surface area contributed by atoms with E-state index in [2.05, 4.69) is 48.6 Å². The largest absolute Gasteiger partial charge is 0.467 e. The van der Waals surface area contributed by atoms with Crippen molar-refractivity contribution in [3.05, 3.63) is 63.8 Å². The van der Waals surface area contributed by atoms with Crippen molar-refractivity contribution in [1.29, 1.82) is 0 Å². The van der Waals surface area contributed by atoms with E-state index in [-0.39, 0.29) is 0 Å². The Morgan fingerprint density at radius 2 is 2.06 bits per heavy atom. The highest BCUT2D eigenvalue weighted by molar-refractivity contribution is 6.33. The van der Waals surface area contributed by atoms with Crippen LogP contribution in [0.2, 0.25) is 5.02 Å². The Labute approximate surface area is 197 Å². The highest BCUT2D eigenvalue weighted by Crippen LogP contribution is 2.33. The van der Waals surface area contributed by atoms with Crippen LogP contribution in [-0.2, 0) is 6.54 Å². The van der Waals surface area contributed by atoms with Crippen LogP contribution in [0, 0.1) is 13.8 Å². The van der Waals surface area contributed by atoms with Gasteiger partial charge in [-0.15, -0.1) is 0 Å². The molecule has 2 aromatic rings. The Kier molecular flexibility index (Phi) is 8.68. The van der Waals surface area contributed by atoms with Crippen LogP contribution < -0.4 is 11.1 Å². The molecular formula is C26H38ClN4O+. The van der Waals surface area contributed by atoms with Crippen LogP contribution >= 0.6 is 11.6 Å². The van der Waals surface area contributed by atoms with Gasteiger partial charge >= 0.3 is 0 Å². The Morgan fingerprint density at radius 3 is 2.72 bits per heavy atom. The lowest BCUT2D eigenvalue weighted by Crippen LogP contribution is -2.40. The van der Waals surface area contributed by atoms with Crippen molar-refractivity contribution in [2.75, 3.05) is 19.6 Å². The topological polar surface area (TPSA) is 57.4 Å². The second kappa shape index (κ2) is 11.5. The molecule has 0 bridgehead atoms. The van der Waals surface area contributed by atoms with Gasteiger partial charge in [0.15, 0.2) is 0 Å². The van der Waals surface area contributed by atoms with Crippen molar-refractivity contribution in [2.45, 2.75) is 66.3 Å². The minimum absolute atomic E-state index is 0.719. The highest BCUT2D eigenvalue weighted by Gasteiger charge is 2.29. The van der Waals surface area contributed by atoms with E-state index in [4.69, 9.17) is 21.8 Å². The van der Waals surface area contributed by atoms with Gasteiger partial charge in [-0.1, -0.05) is 37.9 Å². The van der Waals surface area contributed by atoms with Gasteiger partial charge in [0.1, 0.15) is 17.3 Å². The van der Waals surface area contributed by atoms with Crippen LogP contribution in [0.5, 0.6) is 0 Å². The average Bonchev–Trinajstić information content (AvgIpc) is 3.25. The molecule has 0 atom stereocenters. The molecule has 0 fully saturated rings. The molecule has 0 amide bonds. The monoisotopic (exact) mass is 457 g/mol. The smallest absolute Gasteiger partial charge is 0.279 e. The summed E-state index contributed by atoms with van der Waals surface area (Å²) in [6.45, 7) is 12.0. The third-order valence-corrected chi connectivity index (χ3v) is 6.21. The van der Waals surface area contributed by atoms with Crippen LogP contribution in [0.25, 0.3) is 0 Å². The Hall–Kier alpha value is -2.40. The fourth-order valence-electron chi connectivity index (χ4n) is 4.47. The van der Waals surface area contributed by atoms with Crippen LogP contribution in [0.15, 0.2) is 46.3 Å². The molecule has 1 aromatic carbocycles. The van der Waals surface area contributed by atoms with Crippen molar-refractivity contribution in [2.24, 2.45) is 5.73 Å². The summed E-state index contributed by atoms with van der Waals surface area (Å²) in [6.07, 6.45) is 7.01.